The zero-order chi connectivity index (χ0) is 15.8. The van der Waals surface area contributed by atoms with Crippen molar-refractivity contribution in [2.75, 3.05) is 40.8 Å². The summed E-state index contributed by atoms with van der Waals surface area (Å²) in [6, 6.07) is 6.31. The largest absolute Gasteiger partial charge is 0.496 e. The van der Waals surface area contributed by atoms with Gasteiger partial charge in [0.05, 0.1) is 7.11 Å². The van der Waals surface area contributed by atoms with Crippen LogP contribution in [0.5, 0.6) is 5.75 Å². The van der Waals surface area contributed by atoms with Crippen LogP contribution in [-0.2, 0) is 6.54 Å². The minimum atomic E-state index is 0.0541. The molecule has 2 N–H and O–H groups in total. The Morgan fingerprint density at radius 1 is 1.24 bits per heavy atom. The van der Waals surface area contributed by atoms with Crippen molar-refractivity contribution in [3.63, 3.8) is 0 Å². The van der Waals surface area contributed by atoms with Crippen LogP contribution in [0.15, 0.2) is 18.2 Å². The van der Waals surface area contributed by atoms with Crippen LogP contribution in [0.4, 0.5) is 0 Å². The summed E-state index contributed by atoms with van der Waals surface area (Å²) in [5.41, 5.74) is 8.37. The lowest BCUT2D eigenvalue weighted by Crippen LogP contribution is -2.27. The molecule has 4 heteroatoms. The molecule has 0 radical (unpaired) electrons. The van der Waals surface area contributed by atoms with Gasteiger partial charge in [-0.15, -0.1) is 0 Å². The van der Waals surface area contributed by atoms with Crippen LogP contribution in [-0.4, -0.2) is 50.6 Å². The van der Waals surface area contributed by atoms with E-state index in [-0.39, 0.29) is 6.04 Å². The van der Waals surface area contributed by atoms with E-state index in [0.717, 1.165) is 37.5 Å². The zero-order valence-electron chi connectivity index (χ0n) is 14.2. The van der Waals surface area contributed by atoms with Crippen molar-refractivity contribution in [3.8, 4) is 5.75 Å². The predicted molar refractivity (Wildman–Crippen MR) is 89.7 cm³/mol. The van der Waals surface area contributed by atoms with Gasteiger partial charge in [-0.2, -0.15) is 0 Å². The summed E-state index contributed by atoms with van der Waals surface area (Å²) in [6.07, 6.45) is 1.18. The van der Waals surface area contributed by atoms with Crippen molar-refractivity contribution in [2.45, 2.75) is 32.9 Å². The third-order valence-electron chi connectivity index (χ3n) is 3.75. The minimum Gasteiger partial charge on any atom is -0.496 e. The Labute approximate surface area is 129 Å². The zero-order valence-corrected chi connectivity index (χ0v) is 14.2. The summed E-state index contributed by atoms with van der Waals surface area (Å²) in [4.78, 5) is 4.68. The molecule has 1 rings (SSSR count). The average Bonchev–Trinajstić information content (AvgIpc) is 2.45. The van der Waals surface area contributed by atoms with Crippen LogP contribution in [0.1, 0.15) is 37.4 Å². The maximum atomic E-state index is 5.99. The first-order valence-electron chi connectivity index (χ1n) is 7.77. The Bertz CT molecular complexity index is 418. The van der Waals surface area contributed by atoms with E-state index in [2.05, 4.69) is 43.0 Å². The number of methoxy groups -OCH3 is 1. The number of benzene rings is 1. The highest BCUT2D eigenvalue weighted by Crippen LogP contribution is 2.24. The van der Waals surface area contributed by atoms with Crippen molar-refractivity contribution in [3.05, 3.63) is 29.3 Å². The molecule has 0 bridgehead atoms. The second-order valence-corrected chi connectivity index (χ2v) is 5.89. The van der Waals surface area contributed by atoms with Gasteiger partial charge in [-0.1, -0.05) is 13.0 Å². The van der Waals surface area contributed by atoms with E-state index >= 15 is 0 Å². The topological polar surface area (TPSA) is 41.7 Å². The van der Waals surface area contributed by atoms with Gasteiger partial charge in [0, 0.05) is 18.2 Å². The van der Waals surface area contributed by atoms with Gasteiger partial charge in [-0.3, -0.25) is 4.90 Å². The first kappa shape index (κ1) is 18.0. The monoisotopic (exact) mass is 293 g/mol. The Kier molecular flexibility index (Phi) is 7.72. The molecule has 0 aliphatic heterocycles. The normalized spacial score (nSPS) is 13.0. The van der Waals surface area contributed by atoms with Gasteiger partial charge >= 0.3 is 0 Å². The minimum absolute atomic E-state index is 0.0541. The lowest BCUT2D eigenvalue weighted by Gasteiger charge is -2.23. The van der Waals surface area contributed by atoms with E-state index in [1.807, 2.05) is 13.0 Å². The standard InChI is InChI=1S/C17H31N3O/c1-6-20(11-7-10-19(3)4)13-16-12-15(14(2)18)8-9-17(16)21-5/h8-9,12,14H,6-7,10-11,13,18H2,1-5H3. The van der Waals surface area contributed by atoms with E-state index in [4.69, 9.17) is 10.5 Å². The lowest BCUT2D eigenvalue weighted by atomic mass is 10.0. The van der Waals surface area contributed by atoms with Crippen LogP contribution in [0.2, 0.25) is 0 Å². The van der Waals surface area contributed by atoms with E-state index < -0.39 is 0 Å². The lowest BCUT2D eigenvalue weighted by molar-refractivity contribution is 0.255. The molecule has 1 aromatic rings. The van der Waals surface area contributed by atoms with Crippen LogP contribution >= 0.6 is 0 Å². The third kappa shape index (κ3) is 6.04. The smallest absolute Gasteiger partial charge is 0.123 e. The van der Waals surface area contributed by atoms with Crippen molar-refractivity contribution < 1.29 is 4.74 Å². The molecule has 120 valence electrons. The number of hydrogen-bond acceptors (Lipinski definition) is 4. The molecule has 0 saturated heterocycles. The quantitative estimate of drug-likeness (QED) is 0.759. The van der Waals surface area contributed by atoms with Crippen LogP contribution in [0.25, 0.3) is 0 Å². The van der Waals surface area contributed by atoms with Gasteiger partial charge in [0.1, 0.15) is 5.75 Å². The Morgan fingerprint density at radius 3 is 2.48 bits per heavy atom. The summed E-state index contributed by atoms with van der Waals surface area (Å²) in [7, 11) is 5.96. The SMILES string of the molecule is CCN(CCCN(C)C)Cc1cc(C(C)N)ccc1OC. The molecule has 0 fully saturated rings. The number of hydrogen-bond donors (Lipinski definition) is 1. The fourth-order valence-electron chi connectivity index (χ4n) is 2.41. The third-order valence-corrected chi connectivity index (χ3v) is 3.75. The van der Waals surface area contributed by atoms with Crippen molar-refractivity contribution in [2.24, 2.45) is 5.73 Å². The summed E-state index contributed by atoms with van der Waals surface area (Å²) >= 11 is 0. The fourth-order valence-corrected chi connectivity index (χ4v) is 2.41. The maximum Gasteiger partial charge on any atom is 0.123 e. The summed E-state index contributed by atoms with van der Waals surface area (Å²) in [5, 5.41) is 0. The molecule has 0 saturated carbocycles. The van der Waals surface area contributed by atoms with Gasteiger partial charge in [-0.05, 0) is 64.8 Å². The van der Waals surface area contributed by atoms with Crippen molar-refractivity contribution in [1.29, 1.82) is 0 Å². The molecular weight excluding hydrogens is 262 g/mol. The molecule has 0 aromatic heterocycles. The van der Waals surface area contributed by atoms with Crippen LogP contribution in [0, 0.1) is 0 Å². The van der Waals surface area contributed by atoms with E-state index in [0.29, 0.717) is 0 Å². The second kappa shape index (κ2) is 9.03. The predicted octanol–water partition coefficient (Wildman–Crippen LogP) is 2.49. The molecule has 1 aromatic carbocycles. The fraction of sp³-hybridized carbons (Fsp3) is 0.647. The van der Waals surface area contributed by atoms with Gasteiger partial charge in [0.2, 0.25) is 0 Å². The molecule has 4 nitrogen and oxygen atoms in total. The van der Waals surface area contributed by atoms with E-state index in [1.54, 1.807) is 7.11 Å². The maximum absolute atomic E-state index is 5.99. The Morgan fingerprint density at radius 2 is 1.95 bits per heavy atom. The molecule has 1 atom stereocenters. The Hall–Kier alpha value is -1.10. The summed E-state index contributed by atoms with van der Waals surface area (Å²) in [6.45, 7) is 8.39. The molecular formula is C17H31N3O. The summed E-state index contributed by atoms with van der Waals surface area (Å²) in [5.74, 6) is 0.949. The number of nitrogens with zero attached hydrogens (tertiary/aromatic N) is 2. The highest BCUT2D eigenvalue weighted by Gasteiger charge is 2.11. The van der Waals surface area contributed by atoms with E-state index in [1.165, 1.54) is 12.0 Å². The molecule has 0 amide bonds. The number of ether oxygens (including phenoxy) is 1. The molecule has 0 aliphatic carbocycles. The van der Waals surface area contributed by atoms with Gasteiger partial charge in [0.15, 0.2) is 0 Å². The second-order valence-electron chi connectivity index (χ2n) is 5.89. The molecule has 0 heterocycles. The Balaban J connectivity index is 2.75. The van der Waals surface area contributed by atoms with Gasteiger partial charge in [0.25, 0.3) is 0 Å². The first-order valence-corrected chi connectivity index (χ1v) is 7.77. The number of nitrogens with two attached hydrogens (primary N) is 1. The van der Waals surface area contributed by atoms with Gasteiger partial charge < -0.3 is 15.4 Å². The van der Waals surface area contributed by atoms with Crippen LogP contribution in [0.3, 0.4) is 0 Å². The summed E-state index contributed by atoms with van der Waals surface area (Å²) < 4.78 is 5.49. The highest BCUT2D eigenvalue weighted by atomic mass is 16.5. The van der Waals surface area contributed by atoms with Crippen molar-refractivity contribution in [1.82, 2.24) is 9.80 Å². The van der Waals surface area contributed by atoms with Crippen LogP contribution < -0.4 is 10.5 Å². The molecule has 1 unspecified atom stereocenters. The highest BCUT2D eigenvalue weighted by molar-refractivity contribution is 5.38. The number of rotatable bonds is 9. The first-order chi connectivity index (χ1) is 9.97. The average molecular weight is 293 g/mol. The molecule has 21 heavy (non-hydrogen) atoms. The van der Waals surface area contributed by atoms with Gasteiger partial charge in [-0.25, -0.2) is 0 Å². The molecule has 0 spiro atoms. The van der Waals surface area contributed by atoms with E-state index in [9.17, 15) is 0 Å². The molecule has 0 aliphatic rings. The van der Waals surface area contributed by atoms with Crippen molar-refractivity contribution >= 4 is 0 Å².